The van der Waals surface area contributed by atoms with E-state index in [0.717, 1.165) is 12.5 Å². The van der Waals surface area contributed by atoms with Crippen molar-refractivity contribution in [3.8, 4) is 0 Å². The molecule has 0 radical (unpaired) electrons. The van der Waals surface area contributed by atoms with E-state index in [1.54, 1.807) is 7.11 Å². The summed E-state index contributed by atoms with van der Waals surface area (Å²) in [4.78, 5) is 0.234. The number of hydrogen-bond donors (Lipinski definition) is 1. The largest absolute Gasteiger partial charge is 0.382 e. The normalized spacial score (nSPS) is 38.1. The maximum atomic E-state index is 5.34. The van der Waals surface area contributed by atoms with Crippen molar-refractivity contribution in [2.45, 2.75) is 37.1 Å². The standard InChI is InChI=1S/C10H19NOS/c1-9(2)7-13-10(11-9,6-12-3)8-4-5-8/h8,11H,4-7H2,1-3H3. The molecule has 0 amide bonds. The average Bonchev–Trinajstić information content (AvgIpc) is 2.80. The van der Waals surface area contributed by atoms with Gasteiger partial charge in [-0.2, -0.15) is 0 Å². The number of thioether (sulfide) groups is 1. The maximum absolute atomic E-state index is 5.34. The summed E-state index contributed by atoms with van der Waals surface area (Å²) in [5.74, 6) is 2.05. The van der Waals surface area contributed by atoms with Crippen LogP contribution in [-0.4, -0.2) is 29.9 Å². The summed E-state index contributed by atoms with van der Waals surface area (Å²) in [7, 11) is 1.80. The molecule has 2 nitrogen and oxygen atoms in total. The summed E-state index contributed by atoms with van der Waals surface area (Å²) in [5.41, 5.74) is 0.284. The third-order valence-corrected chi connectivity index (χ3v) is 4.77. The van der Waals surface area contributed by atoms with Crippen LogP contribution in [0.4, 0.5) is 0 Å². The lowest BCUT2D eigenvalue weighted by atomic mass is 10.1. The molecular formula is C10H19NOS. The van der Waals surface area contributed by atoms with Crippen LogP contribution >= 0.6 is 11.8 Å². The first-order valence-electron chi connectivity index (χ1n) is 5.00. The lowest BCUT2D eigenvalue weighted by molar-refractivity contribution is 0.134. The smallest absolute Gasteiger partial charge is 0.0914 e. The molecule has 1 saturated carbocycles. The van der Waals surface area contributed by atoms with Gasteiger partial charge in [0.05, 0.1) is 11.5 Å². The minimum absolute atomic E-state index is 0.234. The van der Waals surface area contributed by atoms with E-state index in [4.69, 9.17) is 4.74 Å². The number of nitrogens with one attached hydrogen (secondary N) is 1. The Morgan fingerprint density at radius 1 is 1.46 bits per heavy atom. The highest BCUT2D eigenvalue weighted by Gasteiger charge is 2.52. The first kappa shape index (κ1) is 9.81. The zero-order valence-corrected chi connectivity index (χ0v) is 9.54. The Morgan fingerprint density at radius 2 is 2.15 bits per heavy atom. The van der Waals surface area contributed by atoms with Gasteiger partial charge in [-0.25, -0.2) is 0 Å². The molecule has 1 heterocycles. The van der Waals surface area contributed by atoms with Crippen LogP contribution in [0.15, 0.2) is 0 Å². The number of ether oxygens (including phenoxy) is 1. The Labute approximate surface area is 84.8 Å². The lowest BCUT2D eigenvalue weighted by Crippen LogP contribution is -2.51. The first-order valence-corrected chi connectivity index (χ1v) is 5.99. The van der Waals surface area contributed by atoms with Crippen LogP contribution in [0.1, 0.15) is 26.7 Å². The quantitative estimate of drug-likeness (QED) is 0.753. The molecule has 3 heteroatoms. The molecule has 1 atom stereocenters. The third-order valence-electron chi connectivity index (χ3n) is 2.84. The highest BCUT2D eigenvalue weighted by Crippen LogP contribution is 2.50. The van der Waals surface area contributed by atoms with E-state index >= 15 is 0 Å². The van der Waals surface area contributed by atoms with Crippen LogP contribution in [0.25, 0.3) is 0 Å². The van der Waals surface area contributed by atoms with Crippen molar-refractivity contribution in [2.24, 2.45) is 5.92 Å². The summed E-state index contributed by atoms with van der Waals surface area (Å²) >= 11 is 2.06. The molecule has 13 heavy (non-hydrogen) atoms. The van der Waals surface area contributed by atoms with Crippen LogP contribution in [0.3, 0.4) is 0 Å². The van der Waals surface area contributed by atoms with Gasteiger partial charge in [0.1, 0.15) is 0 Å². The van der Waals surface area contributed by atoms with Gasteiger partial charge in [-0.05, 0) is 32.6 Å². The zero-order valence-electron chi connectivity index (χ0n) is 8.72. The summed E-state index contributed by atoms with van der Waals surface area (Å²) in [6.07, 6.45) is 2.75. The van der Waals surface area contributed by atoms with Gasteiger partial charge in [0.15, 0.2) is 0 Å². The van der Waals surface area contributed by atoms with Gasteiger partial charge >= 0.3 is 0 Å². The fourth-order valence-electron chi connectivity index (χ4n) is 2.13. The summed E-state index contributed by atoms with van der Waals surface area (Å²) in [6, 6.07) is 0. The molecule has 2 fully saturated rings. The summed E-state index contributed by atoms with van der Waals surface area (Å²) in [5, 5.41) is 3.74. The van der Waals surface area contributed by atoms with Crippen molar-refractivity contribution in [3.05, 3.63) is 0 Å². The molecule has 1 aliphatic carbocycles. The van der Waals surface area contributed by atoms with E-state index in [0.29, 0.717) is 0 Å². The maximum Gasteiger partial charge on any atom is 0.0914 e. The molecule has 1 aliphatic heterocycles. The molecule has 1 saturated heterocycles. The van der Waals surface area contributed by atoms with Crippen molar-refractivity contribution in [2.75, 3.05) is 19.5 Å². The Morgan fingerprint density at radius 3 is 2.54 bits per heavy atom. The van der Waals surface area contributed by atoms with Crippen molar-refractivity contribution in [1.29, 1.82) is 0 Å². The van der Waals surface area contributed by atoms with Crippen LogP contribution in [0.5, 0.6) is 0 Å². The fraction of sp³-hybridized carbons (Fsp3) is 1.00. The predicted octanol–water partition coefficient (Wildman–Crippen LogP) is 1.85. The van der Waals surface area contributed by atoms with E-state index in [-0.39, 0.29) is 10.4 Å². The zero-order chi connectivity index (χ0) is 9.53. The van der Waals surface area contributed by atoms with Crippen molar-refractivity contribution >= 4 is 11.8 Å². The molecular weight excluding hydrogens is 182 g/mol. The lowest BCUT2D eigenvalue weighted by Gasteiger charge is -2.31. The van der Waals surface area contributed by atoms with Gasteiger partial charge in [-0.3, -0.25) is 5.32 Å². The van der Waals surface area contributed by atoms with Crippen LogP contribution in [0, 0.1) is 5.92 Å². The monoisotopic (exact) mass is 201 g/mol. The molecule has 2 aliphatic rings. The molecule has 0 aromatic heterocycles. The molecule has 2 rings (SSSR count). The van der Waals surface area contributed by atoms with E-state index in [1.807, 2.05) is 0 Å². The Balaban J connectivity index is 2.07. The van der Waals surface area contributed by atoms with Crippen molar-refractivity contribution in [1.82, 2.24) is 5.32 Å². The van der Waals surface area contributed by atoms with E-state index in [9.17, 15) is 0 Å². The van der Waals surface area contributed by atoms with Crippen LogP contribution in [-0.2, 0) is 4.74 Å². The molecule has 0 spiro atoms. The molecule has 1 unspecified atom stereocenters. The molecule has 1 N–H and O–H groups in total. The van der Waals surface area contributed by atoms with Gasteiger partial charge in [-0.15, -0.1) is 11.8 Å². The van der Waals surface area contributed by atoms with Crippen molar-refractivity contribution < 1.29 is 4.74 Å². The van der Waals surface area contributed by atoms with Gasteiger partial charge in [0, 0.05) is 18.4 Å². The topological polar surface area (TPSA) is 21.3 Å². The summed E-state index contributed by atoms with van der Waals surface area (Å²) in [6.45, 7) is 5.41. The van der Waals surface area contributed by atoms with Gasteiger partial charge in [-0.1, -0.05) is 0 Å². The molecule has 0 bridgehead atoms. The third kappa shape index (κ3) is 1.88. The highest BCUT2D eigenvalue weighted by atomic mass is 32.2. The van der Waals surface area contributed by atoms with Crippen LogP contribution < -0.4 is 5.32 Å². The first-order chi connectivity index (χ1) is 6.08. The fourth-order valence-corrected chi connectivity index (χ4v) is 3.85. The second-order valence-electron chi connectivity index (χ2n) is 4.89. The van der Waals surface area contributed by atoms with Gasteiger partial charge in [0.2, 0.25) is 0 Å². The number of hydrogen-bond acceptors (Lipinski definition) is 3. The molecule has 0 aromatic carbocycles. The minimum Gasteiger partial charge on any atom is -0.382 e. The molecule has 0 aromatic rings. The predicted molar refractivity (Wildman–Crippen MR) is 57.0 cm³/mol. The Bertz CT molecular complexity index is 203. The second kappa shape index (κ2) is 3.14. The van der Waals surface area contributed by atoms with E-state index in [2.05, 4.69) is 30.9 Å². The van der Waals surface area contributed by atoms with Crippen molar-refractivity contribution in [3.63, 3.8) is 0 Å². The number of rotatable bonds is 3. The SMILES string of the molecule is COCC1(C2CC2)NC(C)(C)CS1. The molecule has 76 valence electrons. The minimum atomic E-state index is 0.234. The highest BCUT2D eigenvalue weighted by molar-refractivity contribution is 8.01. The van der Waals surface area contributed by atoms with Crippen LogP contribution in [0.2, 0.25) is 0 Å². The Kier molecular flexibility index (Phi) is 2.37. The average molecular weight is 201 g/mol. The Hall–Kier alpha value is 0.270. The van der Waals surface area contributed by atoms with Gasteiger partial charge < -0.3 is 4.74 Å². The van der Waals surface area contributed by atoms with Gasteiger partial charge in [0.25, 0.3) is 0 Å². The number of methoxy groups -OCH3 is 1. The summed E-state index contributed by atoms with van der Waals surface area (Å²) < 4.78 is 5.34. The van der Waals surface area contributed by atoms with E-state index in [1.165, 1.54) is 18.6 Å². The second-order valence-corrected chi connectivity index (χ2v) is 6.20. The van der Waals surface area contributed by atoms with E-state index < -0.39 is 0 Å².